The van der Waals surface area contributed by atoms with Crippen molar-refractivity contribution in [1.82, 2.24) is 5.01 Å². The summed E-state index contributed by atoms with van der Waals surface area (Å²) in [5, 5.41) is 17.0. The molecule has 1 heterocycles. The van der Waals surface area contributed by atoms with Crippen LogP contribution in [0.3, 0.4) is 0 Å². The van der Waals surface area contributed by atoms with Crippen molar-refractivity contribution in [3.05, 3.63) is 104 Å². The summed E-state index contributed by atoms with van der Waals surface area (Å²) in [5.74, 6) is -0.651. The third-order valence-electron chi connectivity index (χ3n) is 4.99. The molecule has 0 aliphatic carbocycles. The van der Waals surface area contributed by atoms with Gasteiger partial charge in [-0.05, 0) is 48.0 Å². The van der Waals surface area contributed by atoms with Gasteiger partial charge >= 0.3 is 5.97 Å². The fourth-order valence-corrected chi connectivity index (χ4v) is 4.96. The monoisotopic (exact) mass is 546 g/mol. The number of non-ortho nitro benzene ring substituents is 1. The highest BCUT2D eigenvalue weighted by Crippen LogP contribution is 2.28. The second kappa shape index (κ2) is 10.4. The molecule has 3 aromatic rings. The highest BCUT2D eigenvalue weighted by atomic mass is 35.5. The zero-order chi connectivity index (χ0) is 25.9. The van der Waals surface area contributed by atoms with Gasteiger partial charge in [-0.1, -0.05) is 35.3 Å². The van der Waals surface area contributed by atoms with Gasteiger partial charge in [-0.25, -0.2) is 9.80 Å². The second-order valence-corrected chi connectivity index (χ2v) is 9.78. The molecular formula is C23H16Cl2N4O6S. The van der Waals surface area contributed by atoms with Crippen molar-refractivity contribution in [2.24, 2.45) is 9.50 Å². The molecule has 0 radical (unpaired) electrons. The van der Waals surface area contributed by atoms with Crippen molar-refractivity contribution in [2.45, 2.75) is 4.90 Å². The quantitative estimate of drug-likeness (QED) is 0.184. The van der Waals surface area contributed by atoms with Crippen molar-refractivity contribution in [1.29, 1.82) is 0 Å². The van der Waals surface area contributed by atoms with Gasteiger partial charge in [-0.15, -0.1) is 4.40 Å². The topological polar surface area (TPSA) is 132 Å². The number of nitro groups is 1. The van der Waals surface area contributed by atoms with E-state index in [1.807, 2.05) is 0 Å². The van der Waals surface area contributed by atoms with E-state index in [4.69, 9.17) is 27.9 Å². The summed E-state index contributed by atoms with van der Waals surface area (Å²) < 4.78 is 34.2. The lowest BCUT2D eigenvalue weighted by molar-refractivity contribution is -0.384. The molecule has 0 aromatic heterocycles. The van der Waals surface area contributed by atoms with E-state index in [0.717, 1.165) is 0 Å². The molecule has 0 amide bonds. The van der Waals surface area contributed by atoms with Gasteiger partial charge in [-0.3, -0.25) is 10.1 Å². The number of carbonyl (C=O) groups is 1. The van der Waals surface area contributed by atoms with Crippen LogP contribution >= 0.6 is 23.2 Å². The fraction of sp³-hybridized carbons (Fsp3) is 0.0870. The largest absolute Gasteiger partial charge is 0.460 e. The van der Waals surface area contributed by atoms with Crippen molar-refractivity contribution in [3.8, 4) is 0 Å². The predicted octanol–water partition coefficient (Wildman–Crippen LogP) is 4.54. The van der Waals surface area contributed by atoms with Crippen LogP contribution in [0.15, 0.2) is 81.1 Å². The van der Waals surface area contributed by atoms with Crippen LogP contribution in [0.25, 0.3) is 0 Å². The number of halogens is 2. The lowest BCUT2D eigenvalue weighted by Gasteiger charge is -2.19. The smallest absolute Gasteiger partial charge is 0.339 e. The summed E-state index contributed by atoms with van der Waals surface area (Å²) in [6.45, 7) is -0.236. The Hall–Kier alpha value is -3.80. The lowest BCUT2D eigenvalue weighted by Crippen LogP contribution is -2.30. The van der Waals surface area contributed by atoms with Crippen LogP contribution < -0.4 is 0 Å². The maximum atomic E-state index is 12.5. The minimum absolute atomic E-state index is 0.0282. The maximum absolute atomic E-state index is 12.5. The number of nitrogens with zero attached hydrogens (tertiary/aromatic N) is 4. The van der Waals surface area contributed by atoms with Gasteiger partial charge in [0, 0.05) is 22.7 Å². The molecule has 13 heteroatoms. The number of fused-ring (bicyclic) bond motifs is 1. The Kier molecular flexibility index (Phi) is 7.34. The predicted molar refractivity (Wildman–Crippen MR) is 134 cm³/mol. The van der Waals surface area contributed by atoms with Crippen LogP contribution in [0.4, 0.5) is 5.69 Å². The summed E-state index contributed by atoms with van der Waals surface area (Å²) in [5.41, 5.74) is 0.890. The second-order valence-electron chi connectivity index (χ2n) is 7.36. The Labute approximate surface area is 215 Å². The summed E-state index contributed by atoms with van der Waals surface area (Å²) >= 11 is 11.9. The summed E-state index contributed by atoms with van der Waals surface area (Å²) in [4.78, 5) is 22.8. The molecule has 184 valence electrons. The molecule has 0 spiro atoms. The van der Waals surface area contributed by atoms with Crippen LogP contribution in [0.1, 0.15) is 21.5 Å². The Morgan fingerprint density at radius 3 is 2.53 bits per heavy atom. The highest BCUT2D eigenvalue weighted by molar-refractivity contribution is 7.90. The molecule has 0 atom stereocenters. The molecule has 36 heavy (non-hydrogen) atoms. The molecule has 0 fully saturated rings. The lowest BCUT2D eigenvalue weighted by atomic mass is 10.2. The van der Waals surface area contributed by atoms with E-state index in [0.29, 0.717) is 16.1 Å². The molecule has 0 saturated carbocycles. The third kappa shape index (κ3) is 5.54. The number of rotatable bonds is 7. The van der Waals surface area contributed by atoms with Crippen molar-refractivity contribution in [2.75, 3.05) is 13.2 Å². The first-order valence-electron chi connectivity index (χ1n) is 10.3. The van der Waals surface area contributed by atoms with E-state index in [1.54, 1.807) is 18.2 Å². The summed E-state index contributed by atoms with van der Waals surface area (Å²) in [6.07, 6.45) is 1.39. The SMILES string of the molecule is O=C(OCCN(N=Cc1ccc([N+](=O)[O-])cc1)C1=NS(=O)(=O)c2ccccc21)c1ccc(Cl)cc1Cl. The average molecular weight is 547 g/mol. The Morgan fingerprint density at radius 1 is 1.11 bits per heavy atom. The van der Waals surface area contributed by atoms with Crippen LogP contribution in [0, 0.1) is 10.1 Å². The van der Waals surface area contributed by atoms with Gasteiger partial charge in [0.25, 0.3) is 15.7 Å². The van der Waals surface area contributed by atoms with Crippen LogP contribution in [0.5, 0.6) is 0 Å². The number of hydrazone groups is 1. The number of hydrogen-bond acceptors (Lipinski definition) is 8. The Bertz CT molecular complexity index is 1510. The normalized spacial score (nSPS) is 13.8. The number of ether oxygens (including phenoxy) is 1. The minimum atomic E-state index is -3.93. The summed E-state index contributed by atoms with van der Waals surface area (Å²) in [7, 11) is -3.93. The van der Waals surface area contributed by atoms with E-state index in [1.165, 1.54) is 59.8 Å². The van der Waals surface area contributed by atoms with E-state index >= 15 is 0 Å². The maximum Gasteiger partial charge on any atom is 0.339 e. The van der Waals surface area contributed by atoms with Gasteiger partial charge in [-0.2, -0.15) is 13.5 Å². The van der Waals surface area contributed by atoms with Crippen molar-refractivity contribution in [3.63, 3.8) is 0 Å². The van der Waals surface area contributed by atoms with Crippen molar-refractivity contribution < 1.29 is 22.9 Å². The standard InChI is InChI=1S/C23H16Cl2N4O6S/c24-16-7-10-18(20(25)13-16)23(30)35-12-11-28(26-14-15-5-8-17(9-6-15)29(31)32)22-19-3-1-2-4-21(19)36(33,34)27-22/h1-10,13-14H,11-12H2. The molecule has 3 aromatic carbocycles. The van der Waals surface area contributed by atoms with Crippen LogP contribution in [-0.4, -0.2) is 49.5 Å². The zero-order valence-electron chi connectivity index (χ0n) is 18.2. The number of amidine groups is 1. The molecule has 0 N–H and O–H groups in total. The average Bonchev–Trinajstić information content (AvgIpc) is 3.12. The number of nitro benzene ring substituents is 1. The number of sulfonamides is 1. The van der Waals surface area contributed by atoms with E-state index in [2.05, 4.69) is 9.50 Å². The van der Waals surface area contributed by atoms with E-state index in [9.17, 15) is 23.3 Å². The molecule has 10 nitrogen and oxygen atoms in total. The number of hydrogen-bond donors (Lipinski definition) is 0. The molecule has 1 aliphatic heterocycles. The van der Waals surface area contributed by atoms with Gasteiger partial charge in [0.2, 0.25) is 0 Å². The van der Waals surface area contributed by atoms with Gasteiger partial charge in [0.05, 0.1) is 28.3 Å². The number of benzene rings is 3. The van der Waals surface area contributed by atoms with Gasteiger partial charge in [0.1, 0.15) is 11.5 Å². The molecule has 0 unspecified atom stereocenters. The Balaban J connectivity index is 1.57. The molecule has 0 saturated heterocycles. The summed E-state index contributed by atoms with van der Waals surface area (Å²) in [6, 6.07) is 16.2. The number of esters is 1. The number of carbonyl (C=O) groups excluding carboxylic acids is 1. The zero-order valence-corrected chi connectivity index (χ0v) is 20.6. The van der Waals surface area contributed by atoms with Crippen LogP contribution in [0.2, 0.25) is 10.0 Å². The van der Waals surface area contributed by atoms with Crippen molar-refractivity contribution >= 4 is 56.9 Å². The van der Waals surface area contributed by atoms with Crippen LogP contribution in [-0.2, 0) is 14.8 Å². The first-order chi connectivity index (χ1) is 17.2. The fourth-order valence-electron chi connectivity index (χ4n) is 3.27. The first-order valence-corrected chi connectivity index (χ1v) is 12.5. The first kappa shape index (κ1) is 25.3. The van der Waals surface area contributed by atoms with Gasteiger partial charge in [0.15, 0.2) is 5.84 Å². The third-order valence-corrected chi connectivity index (χ3v) is 6.87. The van der Waals surface area contributed by atoms with Gasteiger partial charge < -0.3 is 4.74 Å². The highest BCUT2D eigenvalue weighted by Gasteiger charge is 2.31. The molecule has 0 bridgehead atoms. The Morgan fingerprint density at radius 2 is 1.83 bits per heavy atom. The van der Waals surface area contributed by atoms with E-state index < -0.39 is 20.9 Å². The molecule has 1 aliphatic rings. The molecular weight excluding hydrogens is 531 g/mol. The minimum Gasteiger partial charge on any atom is -0.460 e. The molecule has 4 rings (SSSR count). The van der Waals surface area contributed by atoms with E-state index in [-0.39, 0.29) is 40.2 Å².